The Balaban J connectivity index is 1.79. The minimum absolute atomic E-state index is 0.0643. The van der Waals surface area contributed by atoms with E-state index in [9.17, 15) is 4.79 Å². The summed E-state index contributed by atoms with van der Waals surface area (Å²) in [5.41, 5.74) is 2.54. The molecule has 29 heavy (non-hydrogen) atoms. The van der Waals surface area contributed by atoms with Crippen molar-refractivity contribution in [2.45, 2.75) is 19.4 Å². The highest BCUT2D eigenvalue weighted by Gasteiger charge is 2.14. The number of nitrogens with one attached hydrogen (secondary N) is 2. The second-order valence-corrected chi connectivity index (χ2v) is 6.80. The summed E-state index contributed by atoms with van der Waals surface area (Å²) < 4.78 is 5.13. The normalized spacial score (nSPS) is 11.7. The van der Waals surface area contributed by atoms with Crippen LogP contribution in [0.15, 0.2) is 54.9 Å². The van der Waals surface area contributed by atoms with Gasteiger partial charge in [0.05, 0.1) is 18.3 Å². The molecular weight excluding hydrogens is 390 g/mol. The molecule has 0 radical (unpaired) electrons. The Kier molecular flexibility index (Phi) is 7.10. The number of hydrogen-bond donors (Lipinski definition) is 2. The van der Waals surface area contributed by atoms with Gasteiger partial charge in [0, 0.05) is 35.8 Å². The number of benzene rings is 1. The fourth-order valence-electron chi connectivity index (χ4n) is 2.71. The number of nitrogens with zero attached hydrogens (tertiary/aromatic N) is 3. The van der Waals surface area contributed by atoms with E-state index in [1.165, 1.54) is 0 Å². The smallest absolute Gasteiger partial charge is 0.270 e. The molecule has 2 heterocycles. The molecule has 1 aromatic carbocycles. The lowest BCUT2D eigenvalue weighted by atomic mass is 10.1. The Morgan fingerprint density at radius 3 is 2.76 bits per heavy atom. The van der Waals surface area contributed by atoms with Crippen molar-refractivity contribution in [3.05, 3.63) is 65.6 Å². The summed E-state index contributed by atoms with van der Waals surface area (Å²) in [5, 5.41) is 6.67. The van der Waals surface area contributed by atoms with Gasteiger partial charge in [-0.15, -0.1) is 0 Å². The van der Waals surface area contributed by atoms with Crippen LogP contribution in [0.2, 0.25) is 5.02 Å². The molecule has 0 spiro atoms. The number of carbonyl (C=O) groups excluding carboxylic acids is 1. The van der Waals surface area contributed by atoms with Gasteiger partial charge in [0.25, 0.3) is 5.91 Å². The Labute approximate surface area is 174 Å². The average molecular weight is 412 g/mol. The van der Waals surface area contributed by atoms with E-state index in [1.807, 2.05) is 19.1 Å². The molecule has 1 amide bonds. The molecule has 3 aromatic rings. The van der Waals surface area contributed by atoms with Gasteiger partial charge < -0.3 is 15.4 Å². The van der Waals surface area contributed by atoms with Crippen LogP contribution in [0.3, 0.4) is 0 Å². The van der Waals surface area contributed by atoms with Gasteiger partial charge in [-0.3, -0.25) is 9.78 Å². The fraction of sp³-hybridized carbons (Fsp3) is 0.238. The molecule has 2 aromatic heterocycles. The predicted molar refractivity (Wildman–Crippen MR) is 113 cm³/mol. The van der Waals surface area contributed by atoms with Gasteiger partial charge in [-0.05, 0) is 42.8 Å². The van der Waals surface area contributed by atoms with Crippen LogP contribution in [-0.4, -0.2) is 40.6 Å². The highest BCUT2D eigenvalue weighted by atomic mass is 35.5. The van der Waals surface area contributed by atoms with E-state index in [-0.39, 0.29) is 11.9 Å². The van der Waals surface area contributed by atoms with Gasteiger partial charge in [0.15, 0.2) is 0 Å². The van der Waals surface area contributed by atoms with Crippen LogP contribution in [0.4, 0.5) is 11.6 Å². The monoisotopic (exact) mass is 411 g/mol. The molecule has 0 bridgehead atoms. The third-order valence-electron chi connectivity index (χ3n) is 4.22. The summed E-state index contributed by atoms with van der Waals surface area (Å²) in [6.45, 7) is 2.44. The van der Waals surface area contributed by atoms with Crippen LogP contribution in [0.5, 0.6) is 0 Å². The maximum atomic E-state index is 12.5. The largest absolute Gasteiger partial charge is 0.383 e. The van der Waals surface area contributed by atoms with E-state index in [4.69, 9.17) is 16.3 Å². The Hall–Kier alpha value is -3.03. The third kappa shape index (κ3) is 5.73. The molecule has 1 atom stereocenters. The predicted octanol–water partition coefficient (Wildman–Crippen LogP) is 4.09. The molecule has 3 rings (SSSR count). The summed E-state index contributed by atoms with van der Waals surface area (Å²) in [7, 11) is 1.61. The first-order chi connectivity index (χ1) is 14.1. The van der Waals surface area contributed by atoms with E-state index in [2.05, 4.69) is 25.6 Å². The highest BCUT2D eigenvalue weighted by Crippen LogP contribution is 2.21. The van der Waals surface area contributed by atoms with Gasteiger partial charge in [0.2, 0.25) is 5.95 Å². The second kappa shape index (κ2) is 9.95. The van der Waals surface area contributed by atoms with Crippen LogP contribution in [0.1, 0.15) is 23.8 Å². The van der Waals surface area contributed by atoms with Crippen molar-refractivity contribution in [3.63, 3.8) is 0 Å². The van der Waals surface area contributed by atoms with Crippen molar-refractivity contribution in [3.8, 4) is 11.3 Å². The zero-order chi connectivity index (χ0) is 20.6. The van der Waals surface area contributed by atoms with Crippen LogP contribution < -0.4 is 10.6 Å². The molecule has 0 aliphatic carbocycles. The minimum Gasteiger partial charge on any atom is -0.383 e. The molecule has 150 valence electrons. The molecule has 0 saturated carbocycles. The summed E-state index contributed by atoms with van der Waals surface area (Å²) >= 11 is 6.02. The molecule has 2 N–H and O–H groups in total. The molecule has 0 aliphatic heterocycles. The van der Waals surface area contributed by atoms with Crippen molar-refractivity contribution in [2.75, 3.05) is 19.0 Å². The number of methoxy groups -OCH3 is 1. The van der Waals surface area contributed by atoms with Crippen molar-refractivity contribution >= 4 is 29.1 Å². The Morgan fingerprint density at radius 2 is 2.00 bits per heavy atom. The van der Waals surface area contributed by atoms with Crippen LogP contribution in [0, 0.1) is 0 Å². The molecule has 0 fully saturated rings. The molecule has 8 heteroatoms. The zero-order valence-electron chi connectivity index (χ0n) is 16.2. The number of pyridine rings is 1. The summed E-state index contributed by atoms with van der Waals surface area (Å²) in [5.74, 6) is 0.181. The van der Waals surface area contributed by atoms with E-state index in [0.717, 1.165) is 17.7 Å². The lowest BCUT2D eigenvalue weighted by Crippen LogP contribution is -2.37. The molecule has 1 unspecified atom stereocenters. The number of rotatable bonds is 8. The van der Waals surface area contributed by atoms with Crippen LogP contribution in [0.25, 0.3) is 11.3 Å². The average Bonchev–Trinajstić information content (AvgIpc) is 2.73. The molecular formula is C21H22ClN5O2. The first kappa shape index (κ1) is 20.7. The van der Waals surface area contributed by atoms with Gasteiger partial charge in [-0.1, -0.05) is 24.6 Å². The zero-order valence-corrected chi connectivity index (χ0v) is 17.0. The number of amides is 1. The van der Waals surface area contributed by atoms with Gasteiger partial charge in [0.1, 0.15) is 5.69 Å². The summed E-state index contributed by atoms with van der Waals surface area (Å²) in [6, 6.07) is 12.5. The van der Waals surface area contributed by atoms with E-state index < -0.39 is 0 Å². The topological polar surface area (TPSA) is 89.0 Å². The lowest BCUT2D eigenvalue weighted by molar-refractivity contribution is 0.0889. The van der Waals surface area contributed by atoms with Crippen molar-refractivity contribution in [1.29, 1.82) is 0 Å². The SMILES string of the molecule is CCC(COC)NC(=O)c1cc(-c2ccnc(Nc3cccc(Cl)c3)n2)ccn1. The lowest BCUT2D eigenvalue weighted by Gasteiger charge is -2.15. The van der Waals surface area contributed by atoms with E-state index in [1.54, 1.807) is 49.8 Å². The van der Waals surface area contributed by atoms with Crippen LogP contribution in [-0.2, 0) is 4.74 Å². The Morgan fingerprint density at radius 1 is 1.17 bits per heavy atom. The fourth-order valence-corrected chi connectivity index (χ4v) is 2.90. The number of aromatic nitrogens is 3. The first-order valence-corrected chi connectivity index (χ1v) is 9.58. The number of halogens is 1. The second-order valence-electron chi connectivity index (χ2n) is 6.36. The van der Waals surface area contributed by atoms with Crippen LogP contribution >= 0.6 is 11.6 Å². The van der Waals surface area contributed by atoms with Crippen molar-refractivity contribution in [2.24, 2.45) is 0 Å². The maximum Gasteiger partial charge on any atom is 0.270 e. The third-order valence-corrected chi connectivity index (χ3v) is 4.46. The van der Waals surface area contributed by atoms with Gasteiger partial charge in [-0.25, -0.2) is 9.97 Å². The number of carbonyl (C=O) groups is 1. The quantitative estimate of drug-likeness (QED) is 0.580. The molecule has 0 saturated heterocycles. The molecule has 0 aliphatic rings. The number of ether oxygens (including phenoxy) is 1. The van der Waals surface area contributed by atoms with Gasteiger partial charge in [-0.2, -0.15) is 0 Å². The maximum absolute atomic E-state index is 12.5. The van der Waals surface area contributed by atoms with Gasteiger partial charge >= 0.3 is 0 Å². The number of hydrogen-bond acceptors (Lipinski definition) is 6. The highest BCUT2D eigenvalue weighted by molar-refractivity contribution is 6.30. The number of anilines is 2. The summed E-state index contributed by atoms with van der Waals surface area (Å²) in [6.07, 6.45) is 4.01. The van der Waals surface area contributed by atoms with Crippen molar-refractivity contribution < 1.29 is 9.53 Å². The van der Waals surface area contributed by atoms with E-state index >= 15 is 0 Å². The first-order valence-electron chi connectivity index (χ1n) is 9.21. The molecule has 7 nitrogen and oxygen atoms in total. The van der Waals surface area contributed by atoms with Crippen molar-refractivity contribution in [1.82, 2.24) is 20.3 Å². The standard InChI is InChI=1S/C21H22ClN5O2/c1-3-16(13-29-2)25-20(28)19-11-14(7-9-23-19)18-8-10-24-21(27-18)26-17-6-4-5-15(22)12-17/h4-12,16H,3,13H2,1-2H3,(H,25,28)(H,24,26,27). The minimum atomic E-state index is -0.248. The summed E-state index contributed by atoms with van der Waals surface area (Å²) in [4.78, 5) is 25.5. The van der Waals surface area contributed by atoms with E-state index in [0.29, 0.717) is 29.0 Å². The Bertz CT molecular complexity index is 983.